The maximum atomic E-state index is 13.2. The number of benzene rings is 1. The highest BCUT2D eigenvalue weighted by molar-refractivity contribution is 5.65. The molecule has 2 rings (SSSR count). The Bertz CT molecular complexity index is 749. The van der Waals surface area contributed by atoms with Crippen molar-refractivity contribution in [2.75, 3.05) is 11.9 Å². The molecule has 0 aliphatic carbocycles. The van der Waals surface area contributed by atoms with Crippen molar-refractivity contribution in [1.82, 2.24) is 9.97 Å². The molecule has 0 spiro atoms. The van der Waals surface area contributed by atoms with Crippen LogP contribution in [-0.2, 0) is 6.18 Å². The molecule has 1 heterocycles. The molecule has 1 aromatic carbocycles. The minimum Gasteiger partial charge on any atom is -0.489 e. The van der Waals surface area contributed by atoms with Crippen molar-refractivity contribution in [2.24, 2.45) is 0 Å². The van der Waals surface area contributed by atoms with Crippen molar-refractivity contribution in [3.05, 3.63) is 36.0 Å². The smallest absolute Gasteiger partial charge is 0.423 e. The maximum absolute atomic E-state index is 13.2. The van der Waals surface area contributed by atoms with Gasteiger partial charge in [-0.3, -0.25) is 0 Å². The van der Waals surface area contributed by atoms with Crippen LogP contribution in [-0.4, -0.2) is 29.2 Å². The zero-order valence-electron chi connectivity index (χ0n) is 15.3. The molecule has 0 saturated carbocycles. The number of anilines is 2. The molecule has 0 atom stereocenters. The molecule has 26 heavy (non-hydrogen) atoms. The lowest BCUT2D eigenvalue weighted by Crippen LogP contribution is -2.19. The number of halogens is 3. The molecule has 0 bridgehead atoms. The third-order valence-electron chi connectivity index (χ3n) is 3.28. The number of rotatable bonds is 6. The molecule has 8 heteroatoms. The first-order valence-corrected chi connectivity index (χ1v) is 8.20. The Balaban J connectivity index is 2.45. The van der Waals surface area contributed by atoms with Gasteiger partial charge in [-0.1, -0.05) is 12.1 Å². The summed E-state index contributed by atoms with van der Waals surface area (Å²) in [6, 6.07) is 7.17. The number of alkyl halides is 3. The summed E-state index contributed by atoms with van der Waals surface area (Å²) in [5.41, 5.74) is -0.369. The summed E-state index contributed by atoms with van der Waals surface area (Å²) in [5.74, 6) is 0.167. The Labute approximate surface area is 150 Å². The van der Waals surface area contributed by atoms with Crippen molar-refractivity contribution >= 4 is 11.6 Å². The Kier molecular flexibility index (Phi) is 5.94. The fourth-order valence-electron chi connectivity index (χ4n) is 2.22. The van der Waals surface area contributed by atoms with E-state index in [-0.39, 0.29) is 12.1 Å². The highest BCUT2D eigenvalue weighted by atomic mass is 19.4. The molecule has 0 unspecified atom stereocenters. The average molecular weight is 369 g/mol. The predicted octanol–water partition coefficient (Wildman–Crippen LogP) is 4.84. The van der Waals surface area contributed by atoms with Crippen molar-refractivity contribution in [2.45, 2.75) is 46.1 Å². The summed E-state index contributed by atoms with van der Waals surface area (Å²) in [6.07, 6.45) is -4.37. The van der Waals surface area contributed by atoms with E-state index in [9.17, 15) is 13.2 Å². The Hall–Kier alpha value is -2.51. The lowest BCUT2D eigenvalue weighted by molar-refractivity contribution is -0.139. The van der Waals surface area contributed by atoms with E-state index in [0.717, 1.165) is 6.20 Å². The molecule has 2 aromatic rings. The second-order valence-corrected chi connectivity index (χ2v) is 6.25. The second-order valence-electron chi connectivity index (χ2n) is 6.25. The van der Waals surface area contributed by atoms with Crippen LogP contribution in [0.2, 0.25) is 0 Å². The molecule has 0 N–H and O–H groups in total. The molecule has 0 saturated heterocycles. The topological polar surface area (TPSA) is 47.5 Å². The highest BCUT2D eigenvalue weighted by Gasteiger charge is 2.37. The monoisotopic (exact) mass is 369 g/mol. The zero-order chi connectivity index (χ0) is 19.5. The lowest BCUT2D eigenvalue weighted by Gasteiger charge is -2.23. The third kappa shape index (κ3) is 4.77. The van der Waals surface area contributed by atoms with Gasteiger partial charge in [-0.05, 0) is 39.8 Å². The molecular formula is C18H22F3N3O2. The van der Waals surface area contributed by atoms with E-state index in [1.54, 1.807) is 44.0 Å². The molecule has 5 nitrogen and oxygen atoms in total. The van der Waals surface area contributed by atoms with Crippen molar-refractivity contribution in [3.8, 4) is 11.6 Å². The average Bonchev–Trinajstić information content (AvgIpc) is 2.52. The lowest BCUT2D eigenvalue weighted by atomic mass is 10.2. The number of hydrogen-bond donors (Lipinski definition) is 0. The van der Waals surface area contributed by atoms with Gasteiger partial charge < -0.3 is 14.4 Å². The van der Waals surface area contributed by atoms with Gasteiger partial charge in [-0.25, -0.2) is 4.98 Å². The number of nitrogens with zero attached hydrogens (tertiary/aromatic N) is 3. The first-order chi connectivity index (χ1) is 12.1. The molecule has 0 aliphatic rings. The summed E-state index contributed by atoms with van der Waals surface area (Å²) in [6.45, 7) is 7.05. The van der Waals surface area contributed by atoms with Gasteiger partial charge in [0, 0.05) is 13.2 Å². The van der Waals surface area contributed by atoms with Gasteiger partial charge >= 0.3 is 6.18 Å². The fraction of sp³-hybridized carbons (Fsp3) is 0.444. The van der Waals surface area contributed by atoms with Crippen LogP contribution in [0, 0.1) is 0 Å². The van der Waals surface area contributed by atoms with Gasteiger partial charge in [-0.15, -0.1) is 0 Å². The third-order valence-corrected chi connectivity index (χ3v) is 3.28. The van der Waals surface area contributed by atoms with Crippen LogP contribution in [0.25, 0.3) is 0 Å². The second kappa shape index (κ2) is 7.80. The zero-order valence-corrected chi connectivity index (χ0v) is 15.3. The van der Waals surface area contributed by atoms with E-state index >= 15 is 0 Å². The quantitative estimate of drug-likeness (QED) is 0.729. The summed E-state index contributed by atoms with van der Waals surface area (Å²) in [7, 11) is 1.66. The Morgan fingerprint density at radius 3 is 2.19 bits per heavy atom. The van der Waals surface area contributed by atoms with E-state index < -0.39 is 23.7 Å². The molecule has 0 amide bonds. The number of aromatic nitrogens is 2. The number of hydrogen-bond acceptors (Lipinski definition) is 5. The highest BCUT2D eigenvalue weighted by Crippen LogP contribution is 2.37. The van der Waals surface area contributed by atoms with E-state index in [0.29, 0.717) is 11.4 Å². The normalized spacial score (nSPS) is 11.8. The molecule has 0 fully saturated rings. The van der Waals surface area contributed by atoms with Crippen molar-refractivity contribution in [1.29, 1.82) is 0 Å². The standard InChI is InChI=1S/C18H22F3N3O2/c1-11(2)25-15-9-7-6-8-14(15)24(5)17-22-10-13(18(19,20)21)16(23-17)26-12(3)4/h6-12H,1-5H3. The first-order valence-electron chi connectivity index (χ1n) is 8.20. The summed E-state index contributed by atoms with van der Waals surface area (Å²) >= 11 is 0. The summed E-state index contributed by atoms with van der Waals surface area (Å²) in [5, 5.41) is 0. The minimum atomic E-state index is -4.60. The van der Waals surface area contributed by atoms with Crippen LogP contribution in [0.4, 0.5) is 24.8 Å². The number of ether oxygens (including phenoxy) is 2. The van der Waals surface area contributed by atoms with Gasteiger partial charge in [0.2, 0.25) is 11.8 Å². The summed E-state index contributed by atoms with van der Waals surface area (Å²) in [4.78, 5) is 9.42. The van der Waals surface area contributed by atoms with Crippen LogP contribution in [0.5, 0.6) is 11.6 Å². The van der Waals surface area contributed by atoms with E-state index in [1.807, 2.05) is 19.9 Å². The number of para-hydroxylation sites is 2. The molecule has 142 valence electrons. The van der Waals surface area contributed by atoms with Crippen LogP contribution in [0.3, 0.4) is 0 Å². The van der Waals surface area contributed by atoms with Crippen molar-refractivity contribution in [3.63, 3.8) is 0 Å². The van der Waals surface area contributed by atoms with Gasteiger partial charge in [-0.2, -0.15) is 18.2 Å². The largest absolute Gasteiger partial charge is 0.489 e. The molecule has 0 radical (unpaired) electrons. The first kappa shape index (κ1) is 19.8. The summed E-state index contributed by atoms with van der Waals surface area (Å²) < 4.78 is 50.5. The maximum Gasteiger partial charge on any atom is 0.423 e. The van der Waals surface area contributed by atoms with Gasteiger partial charge in [0.05, 0.1) is 17.9 Å². The van der Waals surface area contributed by atoms with E-state index in [2.05, 4.69) is 9.97 Å². The van der Waals surface area contributed by atoms with Crippen LogP contribution in [0.15, 0.2) is 30.5 Å². The van der Waals surface area contributed by atoms with Crippen LogP contribution in [0.1, 0.15) is 33.3 Å². The van der Waals surface area contributed by atoms with E-state index in [1.165, 1.54) is 0 Å². The van der Waals surface area contributed by atoms with Crippen LogP contribution >= 0.6 is 0 Å². The molecular weight excluding hydrogens is 347 g/mol. The van der Waals surface area contributed by atoms with Gasteiger partial charge in [0.25, 0.3) is 0 Å². The minimum absolute atomic E-state index is 0.0575. The fourth-order valence-corrected chi connectivity index (χ4v) is 2.22. The van der Waals surface area contributed by atoms with E-state index in [4.69, 9.17) is 9.47 Å². The Morgan fingerprint density at radius 1 is 1.00 bits per heavy atom. The van der Waals surface area contributed by atoms with Gasteiger partial charge in [0.1, 0.15) is 11.3 Å². The molecule has 0 aliphatic heterocycles. The SMILES string of the molecule is CC(C)Oc1ccccc1N(C)c1ncc(C(F)(F)F)c(OC(C)C)n1. The molecule has 1 aromatic heterocycles. The van der Waals surface area contributed by atoms with Gasteiger partial charge in [0.15, 0.2) is 0 Å². The predicted molar refractivity (Wildman–Crippen MR) is 93.1 cm³/mol. The Morgan fingerprint density at radius 2 is 1.62 bits per heavy atom. The van der Waals surface area contributed by atoms with Crippen molar-refractivity contribution < 1.29 is 22.6 Å². The van der Waals surface area contributed by atoms with Crippen LogP contribution < -0.4 is 14.4 Å².